The van der Waals surface area contributed by atoms with Crippen LogP contribution in [0, 0.1) is 23.2 Å². The van der Waals surface area contributed by atoms with Gasteiger partial charge in [0.2, 0.25) is 0 Å². The summed E-state index contributed by atoms with van der Waals surface area (Å²) >= 11 is 0. The molecule has 3 aliphatic rings. The lowest BCUT2D eigenvalue weighted by Gasteiger charge is -2.43. The minimum absolute atomic E-state index is 0.0730. The number of hydrogen-bond acceptors (Lipinski definition) is 3. The number of benzene rings is 1. The first-order valence-electron chi connectivity index (χ1n) is 8.94. The molecular formula is C19H26O3S. The van der Waals surface area contributed by atoms with Gasteiger partial charge in [0.15, 0.2) is 9.84 Å². The SMILES string of the molecule is C[C@H]1[C@H]2CC[C@H]3[C@@H](O)CCC[C@]23C[C@@H]1S(=O)(=O)c1ccccc1. The summed E-state index contributed by atoms with van der Waals surface area (Å²) in [5.41, 5.74) is 0.0730. The van der Waals surface area contributed by atoms with E-state index < -0.39 is 9.84 Å². The fraction of sp³-hybridized carbons (Fsp3) is 0.684. The maximum atomic E-state index is 13.2. The van der Waals surface area contributed by atoms with Crippen molar-refractivity contribution in [3.05, 3.63) is 30.3 Å². The molecule has 0 saturated heterocycles. The van der Waals surface area contributed by atoms with Crippen LogP contribution in [0.3, 0.4) is 0 Å². The van der Waals surface area contributed by atoms with Gasteiger partial charge in [-0.2, -0.15) is 0 Å². The largest absolute Gasteiger partial charge is 0.393 e. The third-order valence-electron chi connectivity index (χ3n) is 7.14. The highest BCUT2D eigenvalue weighted by Gasteiger charge is 2.63. The maximum Gasteiger partial charge on any atom is 0.181 e. The molecule has 1 spiro atoms. The van der Waals surface area contributed by atoms with Crippen LogP contribution in [0.25, 0.3) is 0 Å². The van der Waals surface area contributed by atoms with Crippen molar-refractivity contribution in [1.29, 1.82) is 0 Å². The van der Waals surface area contributed by atoms with Gasteiger partial charge in [-0.25, -0.2) is 8.42 Å². The van der Waals surface area contributed by atoms with Crippen LogP contribution in [-0.2, 0) is 9.84 Å². The number of aliphatic hydroxyl groups is 1. The highest BCUT2D eigenvalue weighted by molar-refractivity contribution is 7.92. The monoisotopic (exact) mass is 334 g/mol. The van der Waals surface area contributed by atoms with E-state index in [1.165, 1.54) is 0 Å². The second-order valence-electron chi connectivity index (χ2n) is 7.94. The summed E-state index contributed by atoms with van der Waals surface area (Å²) in [7, 11) is -3.28. The minimum Gasteiger partial charge on any atom is -0.393 e. The van der Waals surface area contributed by atoms with Gasteiger partial charge in [0, 0.05) is 0 Å². The average molecular weight is 334 g/mol. The molecule has 126 valence electrons. The molecule has 0 bridgehead atoms. The molecule has 23 heavy (non-hydrogen) atoms. The Hall–Kier alpha value is -0.870. The standard InChI is InChI=1S/C19H26O3S/c1-13-15-9-10-16-17(20)8-5-11-19(15,16)12-18(13)23(21,22)14-6-3-2-4-7-14/h2-4,6-7,13,15-18,20H,5,8-12H2,1H3/t13-,15+,16-,17-,18-,19-/m0/s1. The topological polar surface area (TPSA) is 54.4 Å². The highest BCUT2D eigenvalue weighted by Crippen LogP contribution is 2.66. The summed E-state index contributed by atoms with van der Waals surface area (Å²) in [6, 6.07) is 8.91. The van der Waals surface area contributed by atoms with Gasteiger partial charge >= 0.3 is 0 Å². The molecule has 4 heteroatoms. The maximum absolute atomic E-state index is 13.2. The van der Waals surface area contributed by atoms with Crippen molar-refractivity contribution in [1.82, 2.24) is 0 Å². The summed E-state index contributed by atoms with van der Waals surface area (Å²) < 4.78 is 26.3. The van der Waals surface area contributed by atoms with Gasteiger partial charge < -0.3 is 5.11 Å². The first-order valence-corrected chi connectivity index (χ1v) is 10.5. The molecule has 1 aromatic rings. The lowest BCUT2D eigenvalue weighted by molar-refractivity contribution is -0.0202. The lowest BCUT2D eigenvalue weighted by atomic mass is 9.63. The van der Waals surface area contributed by atoms with E-state index in [0.717, 1.165) is 38.5 Å². The van der Waals surface area contributed by atoms with E-state index in [2.05, 4.69) is 6.92 Å². The van der Waals surface area contributed by atoms with Crippen LogP contribution in [0.5, 0.6) is 0 Å². The summed E-state index contributed by atoms with van der Waals surface area (Å²) in [6.45, 7) is 2.13. The molecule has 6 atom stereocenters. The zero-order valence-corrected chi connectivity index (χ0v) is 14.5. The predicted molar refractivity (Wildman–Crippen MR) is 89.7 cm³/mol. The number of aliphatic hydroxyl groups excluding tert-OH is 1. The van der Waals surface area contributed by atoms with Crippen molar-refractivity contribution in [2.45, 2.75) is 61.7 Å². The molecule has 1 aromatic carbocycles. The van der Waals surface area contributed by atoms with Crippen LogP contribution in [0.2, 0.25) is 0 Å². The van der Waals surface area contributed by atoms with Crippen LogP contribution in [0.1, 0.15) is 45.4 Å². The summed E-state index contributed by atoms with van der Waals surface area (Å²) in [6.07, 6.45) is 5.72. The number of sulfone groups is 1. The van der Waals surface area contributed by atoms with Gasteiger partial charge in [-0.3, -0.25) is 0 Å². The zero-order chi connectivity index (χ0) is 16.2. The van der Waals surface area contributed by atoms with Crippen molar-refractivity contribution in [3.8, 4) is 0 Å². The number of hydrogen-bond donors (Lipinski definition) is 1. The second-order valence-corrected chi connectivity index (χ2v) is 10.1. The summed E-state index contributed by atoms with van der Waals surface area (Å²) in [4.78, 5) is 0.459. The van der Waals surface area contributed by atoms with Crippen molar-refractivity contribution in [2.24, 2.45) is 23.2 Å². The minimum atomic E-state index is -3.28. The molecule has 0 radical (unpaired) electrons. The Balaban J connectivity index is 1.71. The van der Waals surface area contributed by atoms with Gasteiger partial charge in [0.05, 0.1) is 16.2 Å². The van der Waals surface area contributed by atoms with Crippen LogP contribution < -0.4 is 0 Å². The van der Waals surface area contributed by atoms with Crippen LogP contribution in [0.4, 0.5) is 0 Å². The van der Waals surface area contributed by atoms with Gasteiger partial charge in [-0.05, 0) is 67.4 Å². The molecular weight excluding hydrogens is 308 g/mol. The Morgan fingerprint density at radius 1 is 1.09 bits per heavy atom. The van der Waals surface area contributed by atoms with E-state index in [9.17, 15) is 13.5 Å². The lowest BCUT2D eigenvalue weighted by Crippen LogP contribution is -2.40. The quantitative estimate of drug-likeness (QED) is 0.901. The van der Waals surface area contributed by atoms with Crippen LogP contribution >= 0.6 is 0 Å². The van der Waals surface area contributed by atoms with E-state index in [4.69, 9.17) is 0 Å². The Morgan fingerprint density at radius 2 is 1.78 bits per heavy atom. The van der Waals surface area contributed by atoms with E-state index in [1.807, 2.05) is 6.07 Å². The van der Waals surface area contributed by atoms with Gasteiger partial charge in [-0.15, -0.1) is 0 Å². The average Bonchev–Trinajstić information content (AvgIpc) is 3.05. The van der Waals surface area contributed by atoms with Crippen molar-refractivity contribution < 1.29 is 13.5 Å². The van der Waals surface area contributed by atoms with Crippen molar-refractivity contribution in [2.75, 3.05) is 0 Å². The van der Waals surface area contributed by atoms with Crippen molar-refractivity contribution in [3.63, 3.8) is 0 Å². The fourth-order valence-corrected chi connectivity index (χ4v) is 8.36. The van der Waals surface area contributed by atoms with E-state index >= 15 is 0 Å². The Morgan fingerprint density at radius 3 is 2.52 bits per heavy atom. The zero-order valence-electron chi connectivity index (χ0n) is 13.7. The normalized spacial score (nSPS) is 43.1. The molecule has 0 amide bonds. The fourth-order valence-electron chi connectivity index (χ4n) is 6.18. The number of rotatable bonds is 2. The first-order chi connectivity index (χ1) is 11.0. The molecule has 0 aliphatic heterocycles. The Labute approximate surface area is 139 Å². The second kappa shape index (κ2) is 5.32. The van der Waals surface area contributed by atoms with E-state index in [1.54, 1.807) is 24.3 Å². The van der Waals surface area contributed by atoms with Gasteiger partial charge in [-0.1, -0.05) is 31.5 Å². The smallest absolute Gasteiger partial charge is 0.181 e. The van der Waals surface area contributed by atoms with Gasteiger partial charge in [0.25, 0.3) is 0 Å². The third kappa shape index (κ3) is 2.14. The molecule has 4 rings (SSSR count). The molecule has 0 aromatic heterocycles. The van der Waals surface area contributed by atoms with E-state index in [-0.39, 0.29) is 22.7 Å². The van der Waals surface area contributed by atoms with Crippen molar-refractivity contribution >= 4 is 9.84 Å². The molecule has 3 saturated carbocycles. The van der Waals surface area contributed by atoms with Crippen LogP contribution in [0.15, 0.2) is 35.2 Å². The summed E-state index contributed by atoms with van der Waals surface area (Å²) in [5, 5.41) is 10.2. The molecule has 0 heterocycles. The third-order valence-corrected chi connectivity index (χ3v) is 9.47. The molecule has 0 unspecified atom stereocenters. The molecule has 3 aliphatic carbocycles. The Kier molecular flexibility index (Phi) is 3.62. The van der Waals surface area contributed by atoms with E-state index in [0.29, 0.717) is 16.7 Å². The molecule has 1 N–H and O–H groups in total. The van der Waals surface area contributed by atoms with Crippen LogP contribution in [-0.4, -0.2) is 24.9 Å². The summed E-state index contributed by atoms with van der Waals surface area (Å²) in [5.74, 6) is 0.973. The highest BCUT2D eigenvalue weighted by atomic mass is 32.2. The Bertz CT molecular complexity index is 684. The molecule has 3 fully saturated rings. The van der Waals surface area contributed by atoms with Gasteiger partial charge in [0.1, 0.15) is 0 Å². The predicted octanol–water partition coefficient (Wildman–Crippen LogP) is 3.43. The molecule has 3 nitrogen and oxygen atoms in total. The first kappa shape index (κ1) is 15.6.